The van der Waals surface area contributed by atoms with Gasteiger partial charge in [0.2, 0.25) is 0 Å². The van der Waals surface area contributed by atoms with Gasteiger partial charge in [-0.25, -0.2) is 4.98 Å². The van der Waals surface area contributed by atoms with Crippen LogP contribution in [0.2, 0.25) is 0 Å². The number of halogens is 3. The van der Waals surface area contributed by atoms with Crippen molar-refractivity contribution in [3.05, 3.63) is 51.0 Å². The minimum atomic E-state index is -4.75. The molecule has 1 aromatic carbocycles. The zero-order valence-electron chi connectivity index (χ0n) is 15.0. The molecule has 0 saturated carbocycles. The fourth-order valence-electron chi connectivity index (χ4n) is 2.80. The van der Waals surface area contributed by atoms with Gasteiger partial charge in [-0.1, -0.05) is 0 Å². The maximum Gasteiger partial charge on any atom is 0.417 e. The molecule has 10 heteroatoms. The third kappa shape index (κ3) is 3.78. The van der Waals surface area contributed by atoms with Crippen molar-refractivity contribution in [2.24, 2.45) is 0 Å². The van der Waals surface area contributed by atoms with Gasteiger partial charge < -0.3 is 14.0 Å². The zero-order valence-corrected chi connectivity index (χ0v) is 15.8. The van der Waals surface area contributed by atoms with E-state index in [1.165, 1.54) is 18.8 Å². The van der Waals surface area contributed by atoms with Crippen LogP contribution in [0.4, 0.5) is 13.2 Å². The lowest BCUT2D eigenvalue weighted by atomic mass is 10.1. The molecule has 0 aliphatic heterocycles. The normalized spacial score (nSPS) is 11.8. The summed E-state index contributed by atoms with van der Waals surface area (Å²) >= 11 is 5.12. The molecule has 1 N–H and O–H groups in total. The van der Waals surface area contributed by atoms with Crippen LogP contribution in [0, 0.1) is 4.77 Å². The Bertz CT molecular complexity index is 1120. The number of fused-ring (bicyclic) bond motifs is 1. The summed E-state index contributed by atoms with van der Waals surface area (Å²) in [6.45, 7) is 0.324. The maximum absolute atomic E-state index is 13.7. The number of H-pyrrole nitrogens is 1. The van der Waals surface area contributed by atoms with Gasteiger partial charge in [0.1, 0.15) is 11.4 Å². The summed E-state index contributed by atoms with van der Waals surface area (Å²) in [4.78, 5) is 18.9. The van der Waals surface area contributed by atoms with E-state index in [9.17, 15) is 18.0 Å². The molecule has 0 saturated heterocycles. The molecule has 148 valence electrons. The predicted molar refractivity (Wildman–Crippen MR) is 100 cm³/mol. The largest absolute Gasteiger partial charge is 0.497 e. The lowest BCUT2D eigenvalue weighted by Gasteiger charge is -2.16. The average Bonchev–Trinajstić information content (AvgIpc) is 2.66. The second-order valence-electron chi connectivity index (χ2n) is 5.88. The van der Waals surface area contributed by atoms with Crippen LogP contribution in [0.1, 0.15) is 5.56 Å². The smallest absolute Gasteiger partial charge is 0.417 e. The first kappa shape index (κ1) is 20.0. The standard InChI is InChI=1S/C18H16F3N3O3S/c1-26-8-7-24-15-14(16(25)23-17(24)28)12(18(19,20)21)9-13(22-15)10-3-5-11(27-2)6-4-10/h3-6,9H,7-8H2,1-2H3,(H,23,25,28). The third-order valence-corrected chi connectivity index (χ3v) is 4.48. The molecule has 0 spiro atoms. The Morgan fingerprint density at radius 2 is 1.89 bits per heavy atom. The number of nitrogens with one attached hydrogen (secondary N) is 1. The molecule has 0 atom stereocenters. The molecule has 0 bridgehead atoms. The summed E-state index contributed by atoms with van der Waals surface area (Å²) in [7, 11) is 2.94. The van der Waals surface area contributed by atoms with Crippen molar-refractivity contribution in [3.8, 4) is 17.0 Å². The Balaban J connectivity index is 2.37. The molecule has 0 radical (unpaired) electrons. The number of methoxy groups -OCH3 is 2. The van der Waals surface area contributed by atoms with Crippen LogP contribution < -0.4 is 10.3 Å². The molecule has 6 nitrogen and oxygen atoms in total. The first-order valence-corrected chi connectivity index (χ1v) is 8.55. The molecular formula is C18H16F3N3O3S. The van der Waals surface area contributed by atoms with Gasteiger partial charge in [-0.05, 0) is 42.5 Å². The molecule has 3 rings (SSSR count). The van der Waals surface area contributed by atoms with Crippen molar-refractivity contribution < 1.29 is 22.6 Å². The molecule has 0 aliphatic rings. The number of pyridine rings is 1. The topological polar surface area (TPSA) is 69.1 Å². The minimum Gasteiger partial charge on any atom is -0.497 e. The number of hydrogen-bond acceptors (Lipinski definition) is 5. The lowest BCUT2D eigenvalue weighted by Crippen LogP contribution is -2.21. The van der Waals surface area contributed by atoms with E-state index in [0.717, 1.165) is 6.07 Å². The Kier molecular flexibility index (Phi) is 5.52. The monoisotopic (exact) mass is 411 g/mol. The Labute approximate surface area is 162 Å². The van der Waals surface area contributed by atoms with Crippen LogP contribution in [-0.4, -0.2) is 35.4 Å². The van der Waals surface area contributed by atoms with Gasteiger partial charge in [-0.15, -0.1) is 0 Å². The van der Waals surface area contributed by atoms with Gasteiger partial charge >= 0.3 is 6.18 Å². The predicted octanol–water partition coefficient (Wildman–Crippen LogP) is 3.79. The first-order chi connectivity index (χ1) is 13.3. The number of aromatic nitrogens is 3. The molecule has 2 aromatic heterocycles. The summed E-state index contributed by atoms with van der Waals surface area (Å²) < 4.78 is 52.6. The van der Waals surface area contributed by atoms with Crippen molar-refractivity contribution in [1.29, 1.82) is 0 Å². The van der Waals surface area contributed by atoms with Gasteiger partial charge in [0, 0.05) is 12.7 Å². The van der Waals surface area contributed by atoms with Crippen molar-refractivity contribution >= 4 is 23.3 Å². The Hall–Kier alpha value is -2.72. The number of rotatable bonds is 5. The number of hydrogen-bond donors (Lipinski definition) is 1. The summed E-state index contributed by atoms with van der Waals surface area (Å²) in [6.07, 6.45) is -4.75. The fourth-order valence-corrected chi connectivity index (χ4v) is 3.07. The van der Waals surface area contributed by atoms with Crippen LogP contribution in [0.3, 0.4) is 0 Å². The highest BCUT2D eigenvalue weighted by atomic mass is 32.1. The van der Waals surface area contributed by atoms with Crippen LogP contribution in [0.15, 0.2) is 35.1 Å². The fraction of sp³-hybridized carbons (Fsp3) is 0.278. The third-order valence-electron chi connectivity index (χ3n) is 4.16. The van der Waals surface area contributed by atoms with Crippen LogP contribution in [0.25, 0.3) is 22.3 Å². The molecule has 0 fully saturated rings. The van der Waals surface area contributed by atoms with Gasteiger partial charge in [-0.3, -0.25) is 9.78 Å². The maximum atomic E-state index is 13.7. The number of alkyl halides is 3. The van der Waals surface area contributed by atoms with E-state index in [4.69, 9.17) is 21.7 Å². The van der Waals surface area contributed by atoms with E-state index in [1.54, 1.807) is 24.3 Å². The molecular weight excluding hydrogens is 395 g/mol. The summed E-state index contributed by atoms with van der Waals surface area (Å²) in [6, 6.07) is 7.28. The van der Waals surface area contributed by atoms with E-state index >= 15 is 0 Å². The zero-order chi connectivity index (χ0) is 20.5. The van der Waals surface area contributed by atoms with E-state index in [1.807, 2.05) is 0 Å². The highest BCUT2D eigenvalue weighted by Gasteiger charge is 2.35. The molecule has 2 heterocycles. The van der Waals surface area contributed by atoms with Crippen molar-refractivity contribution in [2.75, 3.05) is 20.8 Å². The minimum absolute atomic E-state index is 0.0259. The van der Waals surface area contributed by atoms with Crippen molar-refractivity contribution in [3.63, 3.8) is 0 Å². The molecule has 0 amide bonds. The second-order valence-corrected chi connectivity index (χ2v) is 6.27. The molecule has 3 aromatic rings. The van der Waals surface area contributed by atoms with E-state index in [2.05, 4.69) is 9.97 Å². The SMILES string of the molecule is COCCn1c(=S)[nH]c(=O)c2c(C(F)(F)F)cc(-c3ccc(OC)cc3)nc21. The van der Waals surface area contributed by atoms with Crippen molar-refractivity contribution in [1.82, 2.24) is 14.5 Å². The van der Waals surface area contributed by atoms with E-state index in [0.29, 0.717) is 11.3 Å². The highest BCUT2D eigenvalue weighted by Crippen LogP contribution is 2.35. The number of nitrogens with zero attached hydrogens (tertiary/aromatic N) is 2. The Morgan fingerprint density at radius 3 is 2.46 bits per heavy atom. The molecule has 0 aliphatic carbocycles. The summed E-state index contributed by atoms with van der Waals surface area (Å²) in [5.41, 5.74) is -1.65. The van der Waals surface area contributed by atoms with Crippen LogP contribution in [-0.2, 0) is 17.5 Å². The van der Waals surface area contributed by atoms with Gasteiger partial charge in [0.25, 0.3) is 5.56 Å². The van der Waals surface area contributed by atoms with E-state index < -0.39 is 22.7 Å². The number of ether oxygens (including phenoxy) is 2. The first-order valence-electron chi connectivity index (χ1n) is 8.14. The van der Waals surface area contributed by atoms with Crippen LogP contribution in [0.5, 0.6) is 5.75 Å². The Morgan fingerprint density at radius 1 is 1.21 bits per heavy atom. The second kappa shape index (κ2) is 7.72. The van der Waals surface area contributed by atoms with Gasteiger partial charge in [-0.2, -0.15) is 13.2 Å². The highest BCUT2D eigenvalue weighted by molar-refractivity contribution is 7.71. The van der Waals surface area contributed by atoms with Gasteiger partial charge in [0.15, 0.2) is 4.77 Å². The molecule has 0 unspecified atom stereocenters. The van der Waals surface area contributed by atoms with Crippen LogP contribution >= 0.6 is 12.2 Å². The quantitative estimate of drug-likeness (QED) is 0.647. The summed E-state index contributed by atoms with van der Waals surface area (Å²) in [5.74, 6) is 0.556. The van der Waals surface area contributed by atoms with Gasteiger partial charge in [0.05, 0.1) is 36.9 Å². The summed E-state index contributed by atoms with van der Waals surface area (Å²) in [5, 5.41) is -0.561. The van der Waals surface area contributed by atoms with Crippen molar-refractivity contribution in [2.45, 2.75) is 12.7 Å². The average molecular weight is 411 g/mol. The van der Waals surface area contributed by atoms with E-state index in [-0.39, 0.29) is 29.3 Å². The lowest BCUT2D eigenvalue weighted by molar-refractivity contribution is -0.136. The molecule has 28 heavy (non-hydrogen) atoms. The number of aromatic amines is 1. The number of benzene rings is 1.